The Morgan fingerprint density at radius 1 is 1.00 bits per heavy atom. The normalized spacial score (nSPS) is 47.1. The summed E-state index contributed by atoms with van der Waals surface area (Å²) in [6.07, 6.45) is 10.7. The van der Waals surface area contributed by atoms with E-state index in [2.05, 4.69) is 6.92 Å². The lowest BCUT2D eigenvalue weighted by Gasteiger charge is -2.32. The molecular weight excluding hydrogens is 120 g/mol. The molecule has 0 aromatic rings. The molecule has 0 unspecified atom stereocenters. The molecule has 2 bridgehead atoms. The molecule has 0 heterocycles. The van der Waals surface area contributed by atoms with E-state index in [1.54, 1.807) is 0 Å². The van der Waals surface area contributed by atoms with Crippen molar-refractivity contribution in [3.05, 3.63) is 0 Å². The van der Waals surface area contributed by atoms with Crippen molar-refractivity contribution in [2.24, 2.45) is 11.3 Å². The van der Waals surface area contributed by atoms with E-state index in [0.717, 1.165) is 11.3 Å². The summed E-state index contributed by atoms with van der Waals surface area (Å²) in [6, 6.07) is 0. The second kappa shape index (κ2) is 2.25. The summed E-state index contributed by atoms with van der Waals surface area (Å²) in [6.45, 7) is 2.49. The fourth-order valence-electron chi connectivity index (χ4n) is 2.73. The lowest BCUT2D eigenvalue weighted by Crippen LogP contribution is -2.20. The van der Waals surface area contributed by atoms with Gasteiger partial charge in [0, 0.05) is 0 Å². The zero-order chi connectivity index (χ0) is 7.03. The van der Waals surface area contributed by atoms with Crippen LogP contribution in [0.5, 0.6) is 0 Å². The first-order valence-corrected chi connectivity index (χ1v) is 4.79. The Kier molecular flexibility index (Phi) is 1.51. The zero-order valence-corrected chi connectivity index (χ0v) is 7.03. The fourth-order valence-corrected chi connectivity index (χ4v) is 2.73. The Labute approximate surface area is 64.0 Å². The van der Waals surface area contributed by atoms with E-state index in [0.29, 0.717) is 0 Å². The van der Waals surface area contributed by atoms with Crippen LogP contribution in [0.2, 0.25) is 0 Å². The van der Waals surface area contributed by atoms with Gasteiger partial charge < -0.3 is 0 Å². The van der Waals surface area contributed by atoms with E-state index in [-0.39, 0.29) is 0 Å². The molecule has 0 N–H and O–H groups in total. The largest absolute Gasteiger partial charge is 0.0596 e. The lowest BCUT2D eigenvalue weighted by molar-refractivity contribution is 0.194. The standard InChI is InChI=1S/C10H18/c1-10-6-2-3-9(4-7-10)5-8-10/h9H,2-8H2,1H3. The van der Waals surface area contributed by atoms with Gasteiger partial charge in [-0.05, 0) is 43.4 Å². The topological polar surface area (TPSA) is 0 Å². The van der Waals surface area contributed by atoms with Crippen molar-refractivity contribution in [3.8, 4) is 0 Å². The van der Waals surface area contributed by atoms with Gasteiger partial charge >= 0.3 is 0 Å². The molecule has 0 heteroatoms. The average Bonchev–Trinajstić information content (AvgIpc) is 2.19. The molecule has 0 amide bonds. The summed E-state index contributed by atoms with van der Waals surface area (Å²) in [4.78, 5) is 0. The maximum absolute atomic E-state index is 2.49. The van der Waals surface area contributed by atoms with Crippen LogP contribution >= 0.6 is 0 Å². The van der Waals surface area contributed by atoms with Gasteiger partial charge in [-0.15, -0.1) is 0 Å². The monoisotopic (exact) mass is 138 g/mol. The van der Waals surface area contributed by atoms with E-state index in [9.17, 15) is 0 Å². The van der Waals surface area contributed by atoms with Crippen molar-refractivity contribution >= 4 is 0 Å². The molecule has 10 heavy (non-hydrogen) atoms. The highest BCUT2D eigenvalue weighted by molar-refractivity contribution is 4.85. The Morgan fingerprint density at radius 3 is 2.40 bits per heavy atom. The smallest absolute Gasteiger partial charge is 0.0326 e. The van der Waals surface area contributed by atoms with E-state index >= 15 is 0 Å². The summed E-state index contributed by atoms with van der Waals surface area (Å²) >= 11 is 0. The van der Waals surface area contributed by atoms with Crippen LogP contribution in [0.15, 0.2) is 0 Å². The first-order valence-electron chi connectivity index (χ1n) is 4.79. The molecular formula is C10H18. The van der Waals surface area contributed by atoms with Gasteiger partial charge in [0.05, 0.1) is 0 Å². The zero-order valence-electron chi connectivity index (χ0n) is 7.03. The molecule has 0 nitrogen and oxygen atoms in total. The van der Waals surface area contributed by atoms with Crippen LogP contribution in [-0.4, -0.2) is 0 Å². The van der Waals surface area contributed by atoms with Crippen LogP contribution in [0.4, 0.5) is 0 Å². The van der Waals surface area contributed by atoms with Crippen LogP contribution in [-0.2, 0) is 0 Å². The highest BCUT2D eigenvalue weighted by Gasteiger charge is 2.33. The average molecular weight is 138 g/mol. The minimum absolute atomic E-state index is 0.771. The minimum Gasteiger partial charge on any atom is -0.0596 e. The maximum atomic E-state index is 2.49. The summed E-state index contributed by atoms with van der Waals surface area (Å²) in [5.41, 5.74) is 0.771. The second-order valence-electron chi connectivity index (χ2n) is 4.65. The number of hydrogen-bond acceptors (Lipinski definition) is 0. The highest BCUT2D eigenvalue weighted by Crippen LogP contribution is 2.47. The van der Waals surface area contributed by atoms with E-state index < -0.39 is 0 Å². The lowest BCUT2D eigenvalue weighted by atomic mass is 9.73. The summed E-state index contributed by atoms with van der Waals surface area (Å²) in [5.74, 6) is 1.12. The van der Waals surface area contributed by atoms with Crippen LogP contribution in [0, 0.1) is 11.3 Å². The molecule has 0 aliphatic heterocycles. The number of fused-ring (bicyclic) bond motifs is 4. The molecule has 0 saturated heterocycles. The summed E-state index contributed by atoms with van der Waals surface area (Å²) < 4.78 is 0. The van der Waals surface area contributed by atoms with Crippen molar-refractivity contribution in [1.29, 1.82) is 0 Å². The van der Waals surface area contributed by atoms with Gasteiger partial charge in [-0.2, -0.15) is 0 Å². The van der Waals surface area contributed by atoms with Gasteiger partial charge in [0.2, 0.25) is 0 Å². The van der Waals surface area contributed by atoms with E-state index in [4.69, 9.17) is 0 Å². The molecule has 3 saturated carbocycles. The van der Waals surface area contributed by atoms with Gasteiger partial charge in [-0.25, -0.2) is 0 Å². The van der Waals surface area contributed by atoms with Gasteiger partial charge in [-0.1, -0.05) is 19.8 Å². The maximum Gasteiger partial charge on any atom is -0.0326 e. The first kappa shape index (κ1) is 6.69. The Balaban J connectivity index is 2.11. The Hall–Kier alpha value is 0. The molecule has 0 atom stereocenters. The van der Waals surface area contributed by atoms with Gasteiger partial charge in [0.1, 0.15) is 0 Å². The number of hydrogen-bond donors (Lipinski definition) is 0. The quantitative estimate of drug-likeness (QED) is 0.481. The third-order valence-corrected chi connectivity index (χ3v) is 3.70. The Bertz CT molecular complexity index is 112. The van der Waals surface area contributed by atoms with Gasteiger partial charge in [-0.3, -0.25) is 0 Å². The molecule has 0 spiro atoms. The van der Waals surface area contributed by atoms with Crippen molar-refractivity contribution < 1.29 is 0 Å². The predicted octanol–water partition coefficient (Wildman–Crippen LogP) is 3.37. The predicted molar refractivity (Wildman–Crippen MR) is 43.9 cm³/mol. The van der Waals surface area contributed by atoms with E-state index in [1.165, 1.54) is 44.9 Å². The minimum atomic E-state index is 0.771. The van der Waals surface area contributed by atoms with Crippen molar-refractivity contribution in [2.45, 2.75) is 51.9 Å². The van der Waals surface area contributed by atoms with Crippen LogP contribution in [0.3, 0.4) is 0 Å². The Morgan fingerprint density at radius 2 is 1.70 bits per heavy atom. The third-order valence-electron chi connectivity index (χ3n) is 3.70. The summed E-state index contributed by atoms with van der Waals surface area (Å²) in [7, 11) is 0. The molecule has 3 fully saturated rings. The molecule has 58 valence electrons. The van der Waals surface area contributed by atoms with Crippen molar-refractivity contribution in [2.75, 3.05) is 0 Å². The van der Waals surface area contributed by atoms with Crippen molar-refractivity contribution in [3.63, 3.8) is 0 Å². The third kappa shape index (κ3) is 1.09. The molecule has 0 radical (unpaired) electrons. The first-order chi connectivity index (χ1) is 4.79. The molecule has 3 aliphatic carbocycles. The molecule has 3 rings (SSSR count). The van der Waals surface area contributed by atoms with Crippen LogP contribution in [0.25, 0.3) is 0 Å². The molecule has 0 aromatic carbocycles. The fraction of sp³-hybridized carbons (Fsp3) is 1.00. The number of rotatable bonds is 0. The van der Waals surface area contributed by atoms with Crippen LogP contribution in [0.1, 0.15) is 51.9 Å². The van der Waals surface area contributed by atoms with Gasteiger partial charge in [0.25, 0.3) is 0 Å². The highest BCUT2D eigenvalue weighted by atomic mass is 14.4. The summed E-state index contributed by atoms with van der Waals surface area (Å²) in [5, 5.41) is 0. The molecule has 3 aliphatic rings. The second-order valence-corrected chi connectivity index (χ2v) is 4.65. The van der Waals surface area contributed by atoms with Crippen LogP contribution < -0.4 is 0 Å². The van der Waals surface area contributed by atoms with Gasteiger partial charge in [0.15, 0.2) is 0 Å². The SMILES string of the molecule is CC12CCCC(CC1)CC2. The van der Waals surface area contributed by atoms with Crippen molar-refractivity contribution in [1.82, 2.24) is 0 Å². The molecule has 0 aromatic heterocycles. The van der Waals surface area contributed by atoms with E-state index in [1.807, 2.05) is 0 Å².